The quantitative estimate of drug-likeness (QED) is 0.0270. The molecule has 38 nitrogen and oxygen atoms in total. The number of hydrogen-bond acceptors (Lipinski definition) is 22. The third-order valence-corrected chi connectivity index (χ3v) is 15.1. The molecule has 536 valence electrons. The number of carbonyl (C=O) groups excluding carboxylic acids is 14. The zero-order valence-electron chi connectivity index (χ0n) is 54.2. The Morgan fingerprint density at radius 1 is 0.484 bits per heavy atom. The summed E-state index contributed by atoms with van der Waals surface area (Å²) in [6.45, 7) is 9.67. The maximum absolute atomic E-state index is 14.4. The van der Waals surface area contributed by atoms with Crippen molar-refractivity contribution >= 4 is 112 Å². The van der Waals surface area contributed by atoms with Crippen LogP contribution < -0.4 is 75.7 Å². The van der Waals surface area contributed by atoms with E-state index in [2.05, 4.69) is 53.2 Å². The summed E-state index contributed by atoms with van der Waals surface area (Å²) in [5.74, 6) is -20.6. The van der Waals surface area contributed by atoms with Gasteiger partial charge in [0.25, 0.3) is 0 Å². The topological polar surface area (TPSA) is 625 Å². The largest absolute Gasteiger partial charge is 0.481 e. The van der Waals surface area contributed by atoms with Crippen LogP contribution in [0.4, 0.5) is 0 Å². The van der Waals surface area contributed by atoms with Gasteiger partial charge in [-0.1, -0.05) is 27.7 Å². The number of nitrogens with two attached hydrogens (primary N) is 3. The highest BCUT2D eigenvalue weighted by Gasteiger charge is 2.42. The fourth-order valence-corrected chi connectivity index (χ4v) is 9.59. The fourth-order valence-electron chi connectivity index (χ4n) is 9.12. The first-order valence-corrected chi connectivity index (χ1v) is 31.7. The molecule has 0 aromatic carbocycles. The summed E-state index contributed by atoms with van der Waals surface area (Å²) in [6, 6.07) is -21.2. The van der Waals surface area contributed by atoms with Gasteiger partial charge in [-0.25, -0.2) is 4.79 Å². The Kier molecular flexibility index (Phi) is 36.4. The first-order chi connectivity index (χ1) is 44.2. The lowest BCUT2D eigenvalue weighted by molar-refractivity contribution is -0.144. The van der Waals surface area contributed by atoms with Gasteiger partial charge in [-0.05, 0) is 90.1 Å². The molecule has 15 atom stereocenters. The summed E-state index contributed by atoms with van der Waals surface area (Å²) in [6.07, 6.45) is -5.76. The number of carbonyl (C=O) groups is 17. The predicted molar refractivity (Wildman–Crippen MR) is 332 cm³/mol. The first kappa shape index (κ1) is 84.2. The Morgan fingerprint density at radius 3 is 1.44 bits per heavy atom. The highest BCUT2D eigenvalue weighted by molar-refractivity contribution is 7.98. The SMILES string of the molecule is CSCC[C@H](NC(=O)[C@H](C)NC(=O)[C@@H](N)[C@@H](C)O)C(=O)N[C@@H](CCC(=O)O)C(=O)N[C@@H](C)C(=O)N[C@@H](CC(=O)O)C(=O)N[C@@H](CCC(N)=O)C(=O)N1CCC[C@H]1C(=O)N[C@H](C(=O)N[C@@H](CO)C(=O)N[C@@H](CC(C)C)C(=O)N[C@H](C(=O)N[C@@H](CC(N)=O)C(=O)O)[C@@H](C)O)C(C)C. The van der Waals surface area contributed by atoms with Gasteiger partial charge < -0.3 is 111 Å². The predicted octanol–water partition coefficient (Wildman–Crippen LogP) is -8.55. The van der Waals surface area contributed by atoms with Gasteiger partial charge in [-0.2, -0.15) is 11.8 Å². The van der Waals surface area contributed by atoms with E-state index in [1.807, 2.05) is 5.32 Å². The van der Waals surface area contributed by atoms with Gasteiger partial charge in [0.2, 0.25) is 82.7 Å². The number of likely N-dealkylation sites (tertiary alicyclic amines) is 1. The minimum atomic E-state index is -2.04. The zero-order chi connectivity index (χ0) is 72.9. The summed E-state index contributed by atoms with van der Waals surface area (Å²) >= 11 is 1.27. The molecule has 1 fully saturated rings. The Hall–Kier alpha value is -8.82. The third-order valence-electron chi connectivity index (χ3n) is 14.5. The lowest BCUT2D eigenvalue weighted by Crippen LogP contribution is -2.62. The van der Waals surface area contributed by atoms with E-state index >= 15 is 0 Å². The van der Waals surface area contributed by atoms with E-state index in [9.17, 15) is 112 Å². The molecule has 23 N–H and O–H groups in total. The number of primary amides is 2. The van der Waals surface area contributed by atoms with Gasteiger partial charge >= 0.3 is 17.9 Å². The highest BCUT2D eigenvalue weighted by Crippen LogP contribution is 2.21. The van der Waals surface area contributed by atoms with Gasteiger partial charge in [0.15, 0.2) is 0 Å². The Bertz CT molecular complexity index is 2780. The first-order valence-electron chi connectivity index (χ1n) is 30.3. The molecule has 0 saturated carbocycles. The average Bonchev–Trinajstić information content (AvgIpc) is 1.76. The van der Waals surface area contributed by atoms with Crippen LogP contribution in [0.25, 0.3) is 0 Å². The fraction of sp³-hybridized carbons (Fsp3) is 0.696. The van der Waals surface area contributed by atoms with Crippen LogP contribution in [0, 0.1) is 11.8 Å². The number of carboxylic acid groups (broad SMARTS) is 3. The Morgan fingerprint density at radius 2 is 0.947 bits per heavy atom. The minimum Gasteiger partial charge on any atom is -0.481 e. The Balaban J connectivity index is 3.40. The van der Waals surface area contributed by atoms with Gasteiger partial charge in [0.05, 0.1) is 31.7 Å². The van der Waals surface area contributed by atoms with Crippen molar-refractivity contribution in [2.24, 2.45) is 29.0 Å². The summed E-state index contributed by atoms with van der Waals surface area (Å²) in [7, 11) is 0. The van der Waals surface area contributed by atoms with Crippen molar-refractivity contribution in [3.8, 4) is 0 Å². The molecule has 14 amide bonds. The van der Waals surface area contributed by atoms with Crippen molar-refractivity contribution in [1.29, 1.82) is 0 Å². The van der Waals surface area contributed by atoms with E-state index < -0.39 is 242 Å². The van der Waals surface area contributed by atoms with Crippen LogP contribution in [0.2, 0.25) is 0 Å². The van der Waals surface area contributed by atoms with E-state index in [0.29, 0.717) is 0 Å². The van der Waals surface area contributed by atoms with Gasteiger partial charge in [0.1, 0.15) is 78.5 Å². The number of aliphatic hydroxyl groups is 3. The normalized spacial score (nSPS) is 17.2. The zero-order valence-corrected chi connectivity index (χ0v) is 55.0. The number of rotatable bonds is 43. The molecule has 0 aromatic heterocycles. The van der Waals surface area contributed by atoms with Crippen LogP contribution >= 0.6 is 11.8 Å². The molecule has 0 bridgehead atoms. The van der Waals surface area contributed by atoms with Crippen molar-refractivity contribution in [1.82, 2.24) is 63.4 Å². The van der Waals surface area contributed by atoms with Crippen molar-refractivity contribution < 1.29 is 112 Å². The monoisotopic (exact) mass is 1380 g/mol. The molecule has 1 rings (SSSR count). The second-order valence-electron chi connectivity index (χ2n) is 23.4. The van der Waals surface area contributed by atoms with Gasteiger partial charge in [-0.3, -0.25) is 76.7 Å². The van der Waals surface area contributed by atoms with E-state index in [0.717, 1.165) is 18.7 Å². The molecule has 95 heavy (non-hydrogen) atoms. The molecule has 0 spiro atoms. The molecule has 39 heteroatoms. The van der Waals surface area contributed by atoms with Crippen molar-refractivity contribution in [2.75, 3.05) is 25.2 Å². The molecule has 1 aliphatic rings. The molecule has 0 unspecified atom stereocenters. The number of nitrogens with zero attached hydrogens (tertiary/aromatic N) is 1. The minimum absolute atomic E-state index is 0.0465. The van der Waals surface area contributed by atoms with E-state index in [4.69, 9.17) is 17.2 Å². The smallest absolute Gasteiger partial charge is 0.326 e. The second-order valence-corrected chi connectivity index (χ2v) is 24.4. The summed E-state index contributed by atoms with van der Waals surface area (Å²) < 4.78 is 0. The van der Waals surface area contributed by atoms with E-state index in [1.165, 1.54) is 39.5 Å². The van der Waals surface area contributed by atoms with E-state index in [-0.39, 0.29) is 43.9 Å². The molecule has 0 aliphatic carbocycles. The second kappa shape index (κ2) is 41.1. The van der Waals surface area contributed by atoms with Crippen LogP contribution in [-0.2, 0) is 81.5 Å². The van der Waals surface area contributed by atoms with Crippen LogP contribution in [0.1, 0.15) is 120 Å². The van der Waals surface area contributed by atoms with Gasteiger partial charge in [0, 0.05) is 19.4 Å². The molecular weight excluding hydrogens is 1280 g/mol. The lowest BCUT2D eigenvalue weighted by atomic mass is 10.0. The molecule has 1 saturated heterocycles. The highest BCUT2D eigenvalue weighted by atomic mass is 32.2. The number of hydrogen-bond donors (Lipinski definition) is 20. The summed E-state index contributed by atoms with van der Waals surface area (Å²) in [5.41, 5.74) is 16.1. The maximum atomic E-state index is 14.4. The summed E-state index contributed by atoms with van der Waals surface area (Å²) in [4.78, 5) is 223. The number of carboxylic acids is 3. The third kappa shape index (κ3) is 29.6. The Labute approximate surface area is 550 Å². The average molecular weight is 1380 g/mol. The molecular formula is C56H93N15O23S. The van der Waals surface area contributed by atoms with Crippen LogP contribution in [0.5, 0.6) is 0 Å². The van der Waals surface area contributed by atoms with Crippen molar-refractivity contribution in [3.63, 3.8) is 0 Å². The van der Waals surface area contributed by atoms with E-state index in [1.54, 1.807) is 20.1 Å². The number of aliphatic carboxylic acids is 3. The molecule has 0 aromatic rings. The van der Waals surface area contributed by atoms with Crippen molar-refractivity contribution in [3.05, 3.63) is 0 Å². The van der Waals surface area contributed by atoms with Crippen molar-refractivity contribution in [2.45, 2.75) is 210 Å². The van der Waals surface area contributed by atoms with Gasteiger partial charge in [-0.15, -0.1) is 0 Å². The molecule has 1 aliphatic heterocycles. The number of aliphatic hydroxyl groups excluding tert-OH is 3. The van der Waals surface area contributed by atoms with Crippen LogP contribution in [0.15, 0.2) is 0 Å². The standard InChI is InChI=1S/C56H93N15O23S/c1-23(2)19-32(49(86)70-43(28(8)74)54(91)67-34(56(93)94)20-38(58)76)66-50(87)35(22-72)68-53(90)42(24(3)4)69-51(88)36-11-10-17-71(36)55(92)31(12-14-37(57)75)64-48(85)33(21-40(79)80)65-45(82)25(5)60-46(83)29(13-15-39(77)78)63-47(84)30(16-18-95-9)62-44(81)26(6)61-52(89)41(59)27(7)73/h23-36,41-43,72-74H,10-22,59H2,1-9H3,(H2,57,75)(H2,58,76)(H,60,83)(H,61,89)(H,62,81)(H,63,84)(H,64,85)(H,65,82)(H,66,87)(H,67,91)(H,68,90)(H,69,88)(H,70,86)(H,77,78)(H,79,80)(H,93,94)/t25-,26-,27+,28+,29-,30-,31-,32-,33-,34-,35-,36-,41-,42-,43-/m0/s1. The van der Waals surface area contributed by atoms with Crippen LogP contribution in [0.3, 0.4) is 0 Å². The number of amides is 14. The maximum Gasteiger partial charge on any atom is 0.326 e. The number of thioether (sulfide) groups is 1. The lowest BCUT2D eigenvalue weighted by Gasteiger charge is -2.31. The number of nitrogens with one attached hydrogen (secondary N) is 11. The molecule has 1 heterocycles. The molecule has 0 radical (unpaired) electrons. The van der Waals surface area contributed by atoms with Crippen LogP contribution in [-0.4, -0.2) is 252 Å². The summed E-state index contributed by atoms with van der Waals surface area (Å²) in [5, 5.41) is 84.2.